The summed E-state index contributed by atoms with van der Waals surface area (Å²) in [4.78, 5) is 24.3. The molecule has 128 valence electrons. The first-order valence-corrected chi connectivity index (χ1v) is 8.59. The summed E-state index contributed by atoms with van der Waals surface area (Å²) < 4.78 is 11.6. The summed E-state index contributed by atoms with van der Waals surface area (Å²) in [5.41, 5.74) is 0.502. The molecule has 2 heterocycles. The number of fused-ring (bicyclic) bond motifs is 1. The maximum atomic E-state index is 12.3. The van der Waals surface area contributed by atoms with Crippen molar-refractivity contribution in [1.29, 1.82) is 0 Å². The van der Waals surface area contributed by atoms with Gasteiger partial charge in [-0.05, 0) is 31.0 Å². The average molecular weight is 351 g/mol. The Bertz CT molecular complexity index is 664. The Kier molecular flexibility index (Phi) is 4.20. The fraction of sp³-hybridized carbons (Fsp3) is 0.529. The van der Waals surface area contributed by atoms with E-state index >= 15 is 0 Å². The topological polar surface area (TPSA) is 76.7 Å². The molecule has 1 aromatic carbocycles. The van der Waals surface area contributed by atoms with Crippen molar-refractivity contribution < 1.29 is 19.1 Å². The first-order valence-electron chi connectivity index (χ1n) is 8.22. The highest BCUT2D eigenvalue weighted by Gasteiger charge is 2.49. The molecule has 1 unspecified atom stereocenters. The summed E-state index contributed by atoms with van der Waals surface area (Å²) in [7, 11) is 0. The third-order valence-electron chi connectivity index (χ3n) is 4.73. The number of benzene rings is 1. The zero-order valence-electron chi connectivity index (χ0n) is 13.0. The molecular formula is C17H19ClN2O4. The highest BCUT2D eigenvalue weighted by atomic mass is 35.5. The Morgan fingerprint density at radius 1 is 1.04 bits per heavy atom. The van der Waals surface area contributed by atoms with E-state index in [2.05, 4.69) is 10.6 Å². The lowest BCUT2D eigenvalue weighted by Crippen LogP contribution is -2.47. The number of rotatable bonds is 4. The van der Waals surface area contributed by atoms with E-state index in [4.69, 9.17) is 21.1 Å². The summed E-state index contributed by atoms with van der Waals surface area (Å²) in [6, 6.07) is 6.42. The standard InChI is InChI=1S/C17H19ClN2O4/c18-11-3-1-2-10(6-11)17(22)20-13-8-24-14-12(7-23-15(13)14)19-16(21)9-4-5-9/h1-3,6,9,12-15H,4-5,7-8H2,(H,19,21)(H,20,22)/t12-,13?,14+,15+/m0/s1. The fourth-order valence-electron chi connectivity index (χ4n) is 3.27. The highest BCUT2D eigenvalue weighted by Crippen LogP contribution is 2.31. The summed E-state index contributed by atoms with van der Waals surface area (Å²) in [5, 5.41) is 6.47. The number of hydrogen-bond donors (Lipinski definition) is 2. The van der Waals surface area contributed by atoms with Gasteiger partial charge in [-0.15, -0.1) is 0 Å². The second-order valence-electron chi connectivity index (χ2n) is 6.58. The summed E-state index contributed by atoms with van der Waals surface area (Å²) in [5.74, 6) is 0.0314. The number of nitrogens with one attached hydrogen (secondary N) is 2. The van der Waals surface area contributed by atoms with Gasteiger partial charge in [-0.3, -0.25) is 9.59 Å². The van der Waals surface area contributed by atoms with Crippen molar-refractivity contribution in [1.82, 2.24) is 10.6 Å². The summed E-state index contributed by atoms with van der Waals surface area (Å²) in [6.07, 6.45) is 1.48. The molecule has 4 rings (SSSR count). The molecule has 0 spiro atoms. The molecular weight excluding hydrogens is 332 g/mol. The largest absolute Gasteiger partial charge is 0.371 e. The Morgan fingerprint density at radius 2 is 1.71 bits per heavy atom. The maximum Gasteiger partial charge on any atom is 0.251 e. The molecule has 4 atom stereocenters. The van der Waals surface area contributed by atoms with E-state index in [1.54, 1.807) is 24.3 Å². The lowest BCUT2D eigenvalue weighted by atomic mass is 10.1. The molecule has 0 aromatic heterocycles. The predicted molar refractivity (Wildman–Crippen MR) is 86.8 cm³/mol. The highest BCUT2D eigenvalue weighted by molar-refractivity contribution is 6.30. The molecule has 2 amide bonds. The second kappa shape index (κ2) is 6.35. The smallest absolute Gasteiger partial charge is 0.251 e. The number of hydrogen-bond acceptors (Lipinski definition) is 4. The van der Waals surface area contributed by atoms with Crippen molar-refractivity contribution in [3.8, 4) is 0 Å². The van der Waals surface area contributed by atoms with Gasteiger partial charge in [-0.2, -0.15) is 0 Å². The van der Waals surface area contributed by atoms with Crippen molar-refractivity contribution in [3.63, 3.8) is 0 Å². The van der Waals surface area contributed by atoms with Crippen LogP contribution in [0.2, 0.25) is 5.02 Å². The van der Waals surface area contributed by atoms with E-state index in [-0.39, 0.29) is 42.0 Å². The first-order chi connectivity index (χ1) is 11.6. The quantitative estimate of drug-likeness (QED) is 0.853. The average Bonchev–Trinajstić information content (AvgIpc) is 3.24. The van der Waals surface area contributed by atoms with Crippen LogP contribution in [0.25, 0.3) is 0 Å². The fourth-order valence-corrected chi connectivity index (χ4v) is 3.46. The van der Waals surface area contributed by atoms with E-state index in [0.29, 0.717) is 23.8 Å². The van der Waals surface area contributed by atoms with Gasteiger partial charge >= 0.3 is 0 Å². The van der Waals surface area contributed by atoms with E-state index < -0.39 is 0 Å². The third kappa shape index (κ3) is 3.14. The zero-order chi connectivity index (χ0) is 16.7. The molecule has 0 radical (unpaired) electrons. The van der Waals surface area contributed by atoms with Crippen LogP contribution in [0, 0.1) is 5.92 Å². The SMILES string of the molecule is O=C(NC1CO[C@@H]2[C@@H](NC(=O)C3CC3)CO[C@H]12)c1cccc(Cl)c1. The molecule has 1 saturated carbocycles. The number of ether oxygens (including phenoxy) is 2. The van der Waals surface area contributed by atoms with Gasteiger partial charge in [0.05, 0.1) is 25.3 Å². The molecule has 2 N–H and O–H groups in total. The van der Waals surface area contributed by atoms with Crippen LogP contribution in [0.15, 0.2) is 24.3 Å². The van der Waals surface area contributed by atoms with Crippen LogP contribution < -0.4 is 10.6 Å². The Balaban J connectivity index is 1.36. The normalized spacial score (nSPS) is 31.5. The molecule has 3 aliphatic rings. The minimum Gasteiger partial charge on any atom is -0.371 e. The van der Waals surface area contributed by atoms with Crippen molar-refractivity contribution in [2.75, 3.05) is 13.2 Å². The molecule has 6 nitrogen and oxygen atoms in total. The predicted octanol–water partition coefficient (Wildman–Crippen LogP) is 1.13. The molecule has 2 aliphatic heterocycles. The van der Waals surface area contributed by atoms with Gasteiger partial charge < -0.3 is 20.1 Å². The maximum absolute atomic E-state index is 12.3. The van der Waals surface area contributed by atoms with Crippen LogP contribution in [0.4, 0.5) is 0 Å². The summed E-state index contributed by atoms with van der Waals surface area (Å²) >= 11 is 5.92. The van der Waals surface area contributed by atoms with E-state index in [0.717, 1.165) is 12.8 Å². The van der Waals surface area contributed by atoms with Crippen LogP contribution in [0.5, 0.6) is 0 Å². The molecule has 1 aromatic rings. The van der Waals surface area contributed by atoms with E-state index in [1.165, 1.54) is 0 Å². The summed E-state index contributed by atoms with van der Waals surface area (Å²) in [6.45, 7) is 0.786. The van der Waals surface area contributed by atoms with Gasteiger partial charge in [-0.25, -0.2) is 0 Å². The zero-order valence-corrected chi connectivity index (χ0v) is 13.8. The van der Waals surface area contributed by atoms with E-state index in [9.17, 15) is 9.59 Å². The number of halogens is 1. The number of carbonyl (C=O) groups excluding carboxylic acids is 2. The van der Waals surface area contributed by atoms with Gasteiger partial charge in [0.2, 0.25) is 5.91 Å². The Labute approximate surface area is 144 Å². The van der Waals surface area contributed by atoms with Crippen LogP contribution in [-0.4, -0.2) is 49.3 Å². The van der Waals surface area contributed by atoms with Crippen LogP contribution in [0.3, 0.4) is 0 Å². The van der Waals surface area contributed by atoms with Gasteiger partial charge in [0.1, 0.15) is 12.2 Å². The molecule has 3 fully saturated rings. The minimum absolute atomic E-state index is 0.0827. The van der Waals surface area contributed by atoms with Crippen molar-refractivity contribution in [3.05, 3.63) is 34.9 Å². The monoisotopic (exact) mass is 350 g/mol. The van der Waals surface area contributed by atoms with Crippen molar-refractivity contribution >= 4 is 23.4 Å². The van der Waals surface area contributed by atoms with Gasteiger partial charge in [0.15, 0.2) is 0 Å². The first kappa shape index (κ1) is 15.9. The Morgan fingerprint density at radius 3 is 2.33 bits per heavy atom. The second-order valence-corrected chi connectivity index (χ2v) is 7.01. The van der Waals surface area contributed by atoms with Crippen LogP contribution >= 0.6 is 11.6 Å². The molecule has 1 aliphatic carbocycles. The van der Waals surface area contributed by atoms with Crippen LogP contribution in [-0.2, 0) is 14.3 Å². The molecule has 7 heteroatoms. The number of amides is 2. The van der Waals surface area contributed by atoms with Gasteiger partial charge in [0, 0.05) is 16.5 Å². The minimum atomic E-state index is -0.238. The molecule has 2 saturated heterocycles. The van der Waals surface area contributed by atoms with E-state index in [1.807, 2.05) is 0 Å². The van der Waals surface area contributed by atoms with Crippen molar-refractivity contribution in [2.45, 2.75) is 37.1 Å². The molecule has 0 bridgehead atoms. The van der Waals surface area contributed by atoms with Crippen LogP contribution in [0.1, 0.15) is 23.2 Å². The van der Waals surface area contributed by atoms with Gasteiger partial charge in [0.25, 0.3) is 5.91 Å². The Hall–Kier alpha value is -1.63. The number of carbonyl (C=O) groups is 2. The lowest BCUT2D eigenvalue weighted by Gasteiger charge is -2.18. The lowest BCUT2D eigenvalue weighted by molar-refractivity contribution is -0.123. The molecule has 24 heavy (non-hydrogen) atoms. The third-order valence-corrected chi connectivity index (χ3v) is 4.97. The van der Waals surface area contributed by atoms with Crippen molar-refractivity contribution in [2.24, 2.45) is 5.92 Å². The van der Waals surface area contributed by atoms with Gasteiger partial charge in [-0.1, -0.05) is 17.7 Å².